The van der Waals surface area contributed by atoms with Gasteiger partial charge in [-0.15, -0.1) is 11.8 Å². The molecule has 1 aliphatic heterocycles. The number of rotatable bonds is 5. The third-order valence-electron chi connectivity index (χ3n) is 4.64. The fourth-order valence-corrected chi connectivity index (χ4v) is 3.83. The first kappa shape index (κ1) is 18.3. The fraction of sp³-hybridized carbons (Fsp3) is 0.250. The van der Waals surface area contributed by atoms with E-state index in [2.05, 4.69) is 56.6 Å². The molecule has 0 N–H and O–H groups in total. The number of thioether (sulfide) groups is 1. The zero-order valence-corrected chi connectivity index (χ0v) is 17.2. The molecule has 1 atom stereocenters. The lowest BCUT2D eigenvalue weighted by molar-refractivity contribution is -0.128. The summed E-state index contributed by atoms with van der Waals surface area (Å²) < 4.78 is 6.45. The predicted octanol–water partition coefficient (Wildman–Crippen LogP) is 4.74. The molecule has 1 aromatic heterocycles. The van der Waals surface area contributed by atoms with Crippen LogP contribution in [-0.2, 0) is 11.3 Å². The van der Waals surface area contributed by atoms with Gasteiger partial charge in [0.2, 0.25) is 17.6 Å². The van der Waals surface area contributed by atoms with Crippen molar-refractivity contribution in [3.63, 3.8) is 0 Å². The Kier molecular flexibility index (Phi) is 5.31. The SMILES string of the molecule is CSc1ccc(CN2CC(c3nc(-c4ccc(Br)cc4)no3)CC2=O)cc1. The van der Waals surface area contributed by atoms with E-state index in [0.29, 0.717) is 31.2 Å². The van der Waals surface area contributed by atoms with Crippen molar-refractivity contribution >= 4 is 33.6 Å². The molecule has 0 saturated carbocycles. The number of halogens is 1. The number of likely N-dealkylation sites (tertiary alicyclic amines) is 1. The van der Waals surface area contributed by atoms with Crippen LogP contribution in [-0.4, -0.2) is 33.7 Å². The molecule has 0 spiro atoms. The van der Waals surface area contributed by atoms with E-state index in [1.165, 1.54) is 4.90 Å². The first-order valence-electron chi connectivity index (χ1n) is 8.62. The molecule has 3 aromatic rings. The summed E-state index contributed by atoms with van der Waals surface area (Å²) in [5.74, 6) is 1.15. The maximum atomic E-state index is 12.4. The molecule has 2 aromatic carbocycles. The summed E-state index contributed by atoms with van der Waals surface area (Å²) >= 11 is 5.13. The molecule has 27 heavy (non-hydrogen) atoms. The van der Waals surface area contributed by atoms with E-state index in [0.717, 1.165) is 15.6 Å². The molecule has 1 amide bonds. The molecule has 1 aliphatic rings. The highest BCUT2D eigenvalue weighted by Gasteiger charge is 2.34. The lowest BCUT2D eigenvalue weighted by Crippen LogP contribution is -2.24. The molecule has 1 fully saturated rings. The van der Waals surface area contributed by atoms with Crippen molar-refractivity contribution in [1.82, 2.24) is 15.0 Å². The van der Waals surface area contributed by atoms with Gasteiger partial charge in [0.05, 0.1) is 5.92 Å². The summed E-state index contributed by atoms with van der Waals surface area (Å²) in [6.45, 7) is 1.21. The predicted molar refractivity (Wildman–Crippen MR) is 108 cm³/mol. The fourth-order valence-electron chi connectivity index (χ4n) is 3.16. The van der Waals surface area contributed by atoms with Crippen molar-refractivity contribution in [3.8, 4) is 11.4 Å². The van der Waals surface area contributed by atoms with Crippen LogP contribution in [0.3, 0.4) is 0 Å². The Balaban J connectivity index is 1.45. The minimum absolute atomic E-state index is 0.0559. The molecule has 2 heterocycles. The minimum atomic E-state index is -0.0559. The van der Waals surface area contributed by atoms with Gasteiger partial charge >= 0.3 is 0 Å². The number of nitrogens with zero attached hydrogens (tertiary/aromatic N) is 3. The second-order valence-electron chi connectivity index (χ2n) is 6.49. The summed E-state index contributed by atoms with van der Waals surface area (Å²) in [6.07, 6.45) is 2.46. The van der Waals surface area contributed by atoms with Crippen LogP contribution in [0.2, 0.25) is 0 Å². The normalized spacial score (nSPS) is 16.9. The number of amides is 1. The smallest absolute Gasteiger partial charge is 0.232 e. The lowest BCUT2D eigenvalue weighted by Gasteiger charge is -2.16. The van der Waals surface area contributed by atoms with Gasteiger partial charge in [-0.1, -0.05) is 33.2 Å². The lowest BCUT2D eigenvalue weighted by atomic mass is 10.1. The van der Waals surface area contributed by atoms with Gasteiger partial charge in [0.1, 0.15) is 0 Å². The Bertz CT molecular complexity index is 941. The summed E-state index contributed by atoms with van der Waals surface area (Å²) in [5.41, 5.74) is 2.02. The third-order valence-corrected chi connectivity index (χ3v) is 5.91. The number of hydrogen-bond donors (Lipinski definition) is 0. The second kappa shape index (κ2) is 7.86. The van der Waals surface area contributed by atoms with E-state index < -0.39 is 0 Å². The molecule has 1 unspecified atom stereocenters. The maximum absolute atomic E-state index is 12.4. The van der Waals surface area contributed by atoms with Gasteiger partial charge in [0.15, 0.2) is 0 Å². The van der Waals surface area contributed by atoms with Crippen LogP contribution in [0.25, 0.3) is 11.4 Å². The van der Waals surface area contributed by atoms with Crippen LogP contribution in [0.1, 0.15) is 23.8 Å². The number of aromatic nitrogens is 2. The highest BCUT2D eigenvalue weighted by Crippen LogP contribution is 2.30. The summed E-state index contributed by atoms with van der Waals surface area (Å²) in [7, 11) is 0. The van der Waals surface area contributed by atoms with Gasteiger partial charge in [-0.25, -0.2) is 0 Å². The van der Waals surface area contributed by atoms with E-state index in [-0.39, 0.29) is 11.8 Å². The number of carbonyl (C=O) groups is 1. The Morgan fingerprint density at radius 2 is 1.93 bits per heavy atom. The highest BCUT2D eigenvalue weighted by molar-refractivity contribution is 9.10. The first-order chi connectivity index (χ1) is 13.1. The molecular weight excluding hydrogens is 426 g/mol. The van der Waals surface area contributed by atoms with Gasteiger partial charge in [-0.3, -0.25) is 4.79 Å². The van der Waals surface area contributed by atoms with E-state index in [4.69, 9.17) is 4.52 Å². The summed E-state index contributed by atoms with van der Waals surface area (Å²) in [4.78, 5) is 20.0. The molecule has 5 nitrogen and oxygen atoms in total. The Morgan fingerprint density at radius 3 is 2.63 bits per heavy atom. The van der Waals surface area contributed by atoms with Crippen molar-refractivity contribution in [2.45, 2.75) is 23.8 Å². The average Bonchev–Trinajstić information content (AvgIpc) is 3.30. The Morgan fingerprint density at radius 1 is 1.19 bits per heavy atom. The largest absolute Gasteiger partial charge is 0.339 e. The molecular formula is C20H18BrN3O2S. The third kappa shape index (κ3) is 4.09. The average molecular weight is 444 g/mol. The molecule has 138 valence electrons. The van der Waals surface area contributed by atoms with Gasteiger partial charge in [0.25, 0.3) is 0 Å². The molecule has 0 radical (unpaired) electrons. The van der Waals surface area contributed by atoms with Crippen molar-refractivity contribution < 1.29 is 9.32 Å². The van der Waals surface area contributed by atoms with Crippen molar-refractivity contribution in [3.05, 3.63) is 64.5 Å². The zero-order valence-electron chi connectivity index (χ0n) is 14.8. The highest BCUT2D eigenvalue weighted by atomic mass is 79.9. The van der Waals surface area contributed by atoms with Gasteiger partial charge in [-0.2, -0.15) is 4.98 Å². The standard InChI is InChI=1S/C20H18BrN3O2S/c1-27-17-8-2-13(3-9-17)11-24-12-15(10-18(24)25)20-22-19(23-26-20)14-4-6-16(21)7-5-14/h2-9,15H,10-12H2,1H3. The van der Waals surface area contributed by atoms with E-state index in [1.807, 2.05) is 29.2 Å². The quantitative estimate of drug-likeness (QED) is 0.533. The van der Waals surface area contributed by atoms with Crippen LogP contribution in [0.15, 0.2) is 62.4 Å². The van der Waals surface area contributed by atoms with Gasteiger partial charge in [-0.05, 0) is 48.2 Å². The number of carbonyl (C=O) groups excluding carboxylic acids is 1. The van der Waals surface area contributed by atoms with E-state index in [1.54, 1.807) is 11.8 Å². The van der Waals surface area contributed by atoms with Crippen molar-refractivity contribution in [1.29, 1.82) is 0 Å². The maximum Gasteiger partial charge on any atom is 0.232 e. The summed E-state index contributed by atoms with van der Waals surface area (Å²) in [6, 6.07) is 16.1. The van der Waals surface area contributed by atoms with Gasteiger partial charge < -0.3 is 9.42 Å². The van der Waals surface area contributed by atoms with E-state index in [9.17, 15) is 4.79 Å². The van der Waals surface area contributed by atoms with Crippen molar-refractivity contribution in [2.24, 2.45) is 0 Å². The number of hydrogen-bond acceptors (Lipinski definition) is 5. The molecule has 7 heteroatoms. The number of benzene rings is 2. The Labute approximate surface area is 170 Å². The van der Waals surface area contributed by atoms with Crippen LogP contribution < -0.4 is 0 Å². The molecule has 0 bridgehead atoms. The van der Waals surface area contributed by atoms with Crippen molar-refractivity contribution in [2.75, 3.05) is 12.8 Å². The zero-order chi connectivity index (χ0) is 18.8. The van der Waals surface area contributed by atoms with Crippen LogP contribution in [0.4, 0.5) is 0 Å². The monoisotopic (exact) mass is 443 g/mol. The van der Waals surface area contributed by atoms with Crippen LogP contribution >= 0.6 is 27.7 Å². The van der Waals surface area contributed by atoms with Crippen LogP contribution in [0.5, 0.6) is 0 Å². The first-order valence-corrected chi connectivity index (χ1v) is 10.6. The summed E-state index contributed by atoms with van der Waals surface area (Å²) in [5, 5.41) is 4.08. The van der Waals surface area contributed by atoms with Crippen LogP contribution in [0, 0.1) is 0 Å². The second-order valence-corrected chi connectivity index (χ2v) is 8.28. The molecule has 1 saturated heterocycles. The van der Waals surface area contributed by atoms with Gasteiger partial charge in [0, 0.05) is 34.4 Å². The topological polar surface area (TPSA) is 59.2 Å². The molecule has 4 rings (SSSR count). The minimum Gasteiger partial charge on any atom is -0.339 e. The molecule has 0 aliphatic carbocycles. The van der Waals surface area contributed by atoms with E-state index >= 15 is 0 Å². The Hall–Kier alpha value is -2.12.